The van der Waals surface area contributed by atoms with Crippen LogP contribution in [-0.4, -0.2) is 15.5 Å². The fraction of sp³-hybridized carbons (Fsp3) is 0.167. The Labute approximate surface area is 62.5 Å². The van der Waals surface area contributed by atoms with Crippen LogP contribution >= 0.6 is 0 Å². The lowest BCUT2D eigenvalue weighted by atomic mass is 10.3. The number of primary amides is 1. The average Bonchev–Trinajstić information content (AvgIpc) is 1.94. The van der Waals surface area contributed by atoms with E-state index in [0.717, 1.165) is 0 Å². The van der Waals surface area contributed by atoms with Gasteiger partial charge in [-0.3, -0.25) is 9.59 Å². The van der Waals surface area contributed by atoms with Gasteiger partial charge in [0.2, 0.25) is 0 Å². The molecule has 1 heterocycles. The van der Waals surface area contributed by atoms with Crippen molar-refractivity contribution in [3.63, 3.8) is 0 Å². The lowest BCUT2D eigenvalue weighted by Crippen LogP contribution is -2.24. The van der Waals surface area contributed by atoms with E-state index in [-0.39, 0.29) is 5.56 Å². The van der Waals surface area contributed by atoms with Crippen molar-refractivity contribution >= 4 is 5.91 Å². The van der Waals surface area contributed by atoms with Crippen molar-refractivity contribution in [2.45, 2.75) is 0 Å². The minimum Gasteiger partial charge on any atom is -0.365 e. The highest BCUT2D eigenvalue weighted by Gasteiger charge is 2.05. The van der Waals surface area contributed by atoms with Crippen molar-refractivity contribution in [1.82, 2.24) is 9.55 Å². The predicted octanol–water partition coefficient (Wildman–Crippen LogP) is -1.12. The number of aromatic nitrogens is 2. The largest absolute Gasteiger partial charge is 0.365 e. The average molecular weight is 153 g/mol. The van der Waals surface area contributed by atoms with Gasteiger partial charge >= 0.3 is 0 Å². The van der Waals surface area contributed by atoms with Gasteiger partial charge < -0.3 is 10.3 Å². The van der Waals surface area contributed by atoms with Crippen molar-refractivity contribution < 1.29 is 4.79 Å². The Hall–Kier alpha value is -1.65. The molecule has 0 aromatic carbocycles. The Morgan fingerprint density at radius 2 is 2.36 bits per heavy atom. The number of aryl methyl sites for hydroxylation is 1. The molecule has 0 unspecified atom stereocenters. The molecule has 0 atom stereocenters. The summed E-state index contributed by atoms with van der Waals surface area (Å²) in [7, 11) is 1.65. The Morgan fingerprint density at radius 3 is 2.82 bits per heavy atom. The Kier molecular flexibility index (Phi) is 1.72. The molecule has 58 valence electrons. The molecule has 1 rings (SSSR count). The van der Waals surface area contributed by atoms with Crippen molar-refractivity contribution in [3.8, 4) is 0 Å². The minimum atomic E-state index is -0.751. The summed E-state index contributed by atoms with van der Waals surface area (Å²) in [5.41, 5.74) is 4.22. The fourth-order valence-electron chi connectivity index (χ4n) is 0.674. The number of rotatable bonds is 1. The summed E-state index contributed by atoms with van der Waals surface area (Å²) in [5, 5.41) is 0. The SMILES string of the molecule is Cn1cnc(=O)c(C(N)=O)c1. The molecule has 11 heavy (non-hydrogen) atoms. The maximum absolute atomic E-state index is 10.8. The molecule has 1 aromatic rings. The van der Waals surface area contributed by atoms with E-state index >= 15 is 0 Å². The maximum Gasteiger partial charge on any atom is 0.285 e. The lowest BCUT2D eigenvalue weighted by molar-refractivity contribution is 0.0998. The third-order valence-electron chi connectivity index (χ3n) is 1.19. The van der Waals surface area contributed by atoms with Gasteiger partial charge in [-0.15, -0.1) is 0 Å². The number of hydrogen-bond donors (Lipinski definition) is 1. The molecule has 5 heteroatoms. The summed E-state index contributed by atoms with van der Waals surface area (Å²) in [5.74, 6) is -0.751. The van der Waals surface area contributed by atoms with Crippen molar-refractivity contribution in [2.75, 3.05) is 0 Å². The molecule has 0 aliphatic heterocycles. The van der Waals surface area contributed by atoms with Gasteiger partial charge in [0, 0.05) is 13.2 Å². The molecule has 0 radical (unpaired) electrons. The van der Waals surface area contributed by atoms with Crippen LogP contribution in [0.3, 0.4) is 0 Å². The molecule has 0 fully saturated rings. The maximum atomic E-state index is 10.8. The topological polar surface area (TPSA) is 78.0 Å². The van der Waals surface area contributed by atoms with Crippen LogP contribution in [0.1, 0.15) is 10.4 Å². The first-order valence-corrected chi connectivity index (χ1v) is 2.93. The molecule has 0 bridgehead atoms. The van der Waals surface area contributed by atoms with E-state index in [1.807, 2.05) is 0 Å². The van der Waals surface area contributed by atoms with Crippen LogP contribution in [0.5, 0.6) is 0 Å². The van der Waals surface area contributed by atoms with Crippen molar-refractivity contribution in [2.24, 2.45) is 12.8 Å². The van der Waals surface area contributed by atoms with E-state index in [0.29, 0.717) is 0 Å². The number of carbonyl (C=O) groups excluding carboxylic acids is 1. The standard InChI is InChI=1S/C6H7N3O2/c1-9-2-4(5(7)10)6(11)8-3-9/h2-3H,1H3,(H2,7,10). The highest BCUT2D eigenvalue weighted by molar-refractivity contribution is 5.91. The van der Waals surface area contributed by atoms with E-state index in [9.17, 15) is 9.59 Å². The molecule has 2 N–H and O–H groups in total. The molecule has 5 nitrogen and oxygen atoms in total. The predicted molar refractivity (Wildman–Crippen MR) is 38.0 cm³/mol. The Balaban J connectivity index is 3.35. The molecule has 0 aliphatic rings. The van der Waals surface area contributed by atoms with Gasteiger partial charge in [0.25, 0.3) is 11.5 Å². The molecule has 0 saturated heterocycles. The monoisotopic (exact) mass is 153 g/mol. The summed E-state index contributed by atoms with van der Waals surface area (Å²) in [6.45, 7) is 0. The fourth-order valence-corrected chi connectivity index (χ4v) is 0.674. The summed E-state index contributed by atoms with van der Waals surface area (Å²) in [6, 6.07) is 0. The van der Waals surface area contributed by atoms with E-state index in [2.05, 4.69) is 4.98 Å². The first-order valence-electron chi connectivity index (χ1n) is 2.93. The quantitative estimate of drug-likeness (QED) is 0.555. The van der Waals surface area contributed by atoms with Gasteiger partial charge in [-0.2, -0.15) is 4.98 Å². The summed E-state index contributed by atoms with van der Waals surface area (Å²) in [4.78, 5) is 24.7. The molecule has 0 aliphatic carbocycles. The van der Waals surface area contributed by atoms with Crippen molar-refractivity contribution in [3.05, 3.63) is 28.4 Å². The molecule has 1 aromatic heterocycles. The number of nitrogens with two attached hydrogens (primary N) is 1. The van der Waals surface area contributed by atoms with E-state index in [1.165, 1.54) is 17.1 Å². The van der Waals surface area contributed by atoms with Crippen LogP contribution < -0.4 is 11.3 Å². The number of amides is 1. The first kappa shape index (κ1) is 7.46. The van der Waals surface area contributed by atoms with Gasteiger partial charge in [0.1, 0.15) is 5.56 Å². The number of nitrogens with zero attached hydrogens (tertiary/aromatic N) is 2. The molecular formula is C6H7N3O2. The van der Waals surface area contributed by atoms with Gasteiger partial charge in [-0.1, -0.05) is 0 Å². The number of hydrogen-bond acceptors (Lipinski definition) is 3. The second-order valence-corrected chi connectivity index (χ2v) is 2.12. The first-order chi connectivity index (χ1) is 5.11. The second-order valence-electron chi connectivity index (χ2n) is 2.12. The van der Waals surface area contributed by atoms with Crippen LogP contribution in [0.2, 0.25) is 0 Å². The molecular weight excluding hydrogens is 146 g/mol. The summed E-state index contributed by atoms with van der Waals surface area (Å²) < 4.78 is 1.49. The zero-order valence-electron chi connectivity index (χ0n) is 5.94. The normalized spacial score (nSPS) is 9.55. The van der Waals surface area contributed by atoms with Crippen LogP contribution in [0.4, 0.5) is 0 Å². The van der Waals surface area contributed by atoms with Gasteiger partial charge in [0.05, 0.1) is 6.33 Å². The zero-order valence-corrected chi connectivity index (χ0v) is 5.94. The van der Waals surface area contributed by atoms with Crippen LogP contribution in [0.15, 0.2) is 17.3 Å². The van der Waals surface area contributed by atoms with Gasteiger partial charge in [-0.25, -0.2) is 0 Å². The second kappa shape index (κ2) is 2.53. The number of carbonyl (C=O) groups is 1. The smallest absolute Gasteiger partial charge is 0.285 e. The third-order valence-corrected chi connectivity index (χ3v) is 1.19. The molecule has 0 saturated carbocycles. The molecule has 1 amide bonds. The molecule has 0 spiro atoms. The summed E-state index contributed by atoms with van der Waals surface area (Å²) >= 11 is 0. The van der Waals surface area contributed by atoms with Crippen LogP contribution in [0, 0.1) is 0 Å². The van der Waals surface area contributed by atoms with Crippen LogP contribution in [-0.2, 0) is 7.05 Å². The van der Waals surface area contributed by atoms with Crippen LogP contribution in [0.25, 0.3) is 0 Å². The lowest BCUT2D eigenvalue weighted by Gasteiger charge is -1.96. The van der Waals surface area contributed by atoms with E-state index in [1.54, 1.807) is 7.05 Å². The summed E-state index contributed by atoms with van der Waals surface area (Å²) in [6.07, 6.45) is 2.66. The van der Waals surface area contributed by atoms with Gasteiger partial charge in [0.15, 0.2) is 0 Å². The Morgan fingerprint density at radius 1 is 1.73 bits per heavy atom. The Bertz CT molecular complexity index is 342. The van der Waals surface area contributed by atoms with E-state index < -0.39 is 11.5 Å². The highest BCUT2D eigenvalue weighted by atomic mass is 16.2. The van der Waals surface area contributed by atoms with Crippen molar-refractivity contribution in [1.29, 1.82) is 0 Å². The third kappa shape index (κ3) is 1.43. The van der Waals surface area contributed by atoms with Gasteiger partial charge in [-0.05, 0) is 0 Å². The minimum absolute atomic E-state index is 0.0880. The highest BCUT2D eigenvalue weighted by Crippen LogP contribution is 1.84. The van der Waals surface area contributed by atoms with E-state index in [4.69, 9.17) is 5.73 Å². The zero-order chi connectivity index (χ0) is 8.43.